The number of carbonyl (C=O) groups is 1. The molecule has 0 heterocycles. The van der Waals surface area contributed by atoms with Crippen molar-refractivity contribution >= 4 is 18.4 Å². The zero-order chi connectivity index (χ0) is 10.6. The number of methoxy groups -OCH3 is 1. The molecule has 15 heavy (non-hydrogen) atoms. The summed E-state index contributed by atoms with van der Waals surface area (Å²) in [5, 5.41) is 0. The molecule has 0 unspecified atom stereocenters. The molecule has 0 aliphatic heterocycles. The van der Waals surface area contributed by atoms with Crippen LogP contribution in [0.4, 0.5) is 0 Å². The van der Waals surface area contributed by atoms with Gasteiger partial charge in [0.05, 0.1) is 13.2 Å². The molecular formula is C10H20ClNO3. The van der Waals surface area contributed by atoms with Gasteiger partial charge in [0, 0.05) is 6.61 Å². The Hall–Kier alpha value is -0.320. The maximum atomic E-state index is 11.4. The lowest BCUT2D eigenvalue weighted by Crippen LogP contribution is -2.52. The molecule has 1 saturated carbocycles. The van der Waals surface area contributed by atoms with Gasteiger partial charge in [0.15, 0.2) is 0 Å². The maximum absolute atomic E-state index is 11.4. The topological polar surface area (TPSA) is 61.5 Å². The molecule has 0 aromatic carbocycles. The number of halogens is 1. The Morgan fingerprint density at radius 1 is 1.47 bits per heavy atom. The second-order valence-electron chi connectivity index (χ2n) is 3.80. The molecule has 0 saturated heterocycles. The van der Waals surface area contributed by atoms with Gasteiger partial charge in [-0.05, 0) is 32.6 Å². The molecule has 4 nitrogen and oxygen atoms in total. The number of ether oxygens (including phenoxy) is 2. The summed E-state index contributed by atoms with van der Waals surface area (Å²) in [5.41, 5.74) is 5.17. The van der Waals surface area contributed by atoms with Gasteiger partial charge in [0.2, 0.25) is 0 Å². The molecule has 1 aliphatic rings. The number of esters is 1. The first kappa shape index (κ1) is 14.7. The van der Waals surface area contributed by atoms with Crippen LogP contribution in [-0.2, 0) is 14.3 Å². The Morgan fingerprint density at radius 2 is 2.00 bits per heavy atom. The van der Waals surface area contributed by atoms with Crippen molar-refractivity contribution in [2.75, 3.05) is 13.7 Å². The van der Waals surface area contributed by atoms with Crippen molar-refractivity contribution in [3.8, 4) is 0 Å². The average molecular weight is 238 g/mol. The Morgan fingerprint density at radius 3 is 2.40 bits per heavy atom. The Balaban J connectivity index is 0.00000196. The lowest BCUT2D eigenvalue weighted by Gasteiger charge is -2.34. The van der Waals surface area contributed by atoms with E-state index in [1.165, 1.54) is 7.11 Å². The quantitative estimate of drug-likeness (QED) is 0.751. The molecule has 1 fully saturated rings. The highest BCUT2D eigenvalue weighted by Crippen LogP contribution is 2.28. The monoisotopic (exact) mass is 237 g/mol. The smallest absolute Gasteiger partial charge is 0.325 e. The molecular weight excluding hydrogens is 218 g/mol. The van der Waals surface area contributed by atoms with Crippen LogP contribution in [0.2, 0.25) is 0 Å². The summed E-state index contributed by atoms with van der Waals surface area (Å²) in [7, 11) is 1.38. The van der Waals surface area contributed by atoms with Crippen LogP contribution >= 0.6 is 12.4 Å². The number of hydrogen-bond acceptors (Lipinski definition) is 4. The molecule has 0 aromatic heterocycles. The largest absolute Gasteiger partial charge is 0.468 e. The molecule has 1 aliphatic carbocycles. The zero-order valence-electron chi connectivity index (χ0n) is 9.32. The summed E-state index contributed by atoms with van der Waals surface area (Å²) in [6, 6.07) is 0. The van der Waals surface area contributed by atoms with E-state index in [1.807, 2.05) is 6.92 Å². The molecule has 0 aromatic rings. The molecule has 2 N–H and O–H groups in total. The van der Waals surface area contributed by atoms with Gasteiger partial charge < -0.3 is 15.2 Å². The van der Waals surface area contributed by atoms with E-state index >= 15 is 0 Å². The molecule has 0 amide bonds. The Bertz CT molecular complexity index is 203. The van der Waals surface area contributed by atoms with Crippen molar-refractivity contribution in [2.24, 2.45) is 5.73 Å². The van der Waals surface area contributed by atoms with Crippen LogP contribution in [0.25, 0.3) is 0 Å². The molecule has 1 rings (SSSR count). The van der Waals surface area contributed by atoms with Crippen LogP contribution in [0, 0.1) is 0 Å². The minimum Gasteiger partial charge on any atom is -0.468 e. The maximum Gasteiger partial charge on any atom is 0.325 e. The van der Waals surface area contributed by atoms with Crippen molar-refractivity contribution in [1.29, 1.82) is 0 Å². The van der Waals surface area contributed by atoms with E-state index in [1.54, 1.807) is 0 Å². The fraction of sp³-hybridized carbons (Fsp3) is 0.900. The van der Waals surface area contributed by atoms with E-state index in [4.69, 9.17) is 10.5 Å². The van der Waals surface area contributed by atoms with Crippen LogP contribution in [0.1, 0.15) is 32.6 Å². The normalized spacial score (nSPS) is 30.5. The summed E-state index contributed by atoms with van der Waals surface area (Å²) in [6.07, 6.45) is 3.27. The molecule has 0 radical (unpaired) electrons. The van der Waals surface area contributed by atoms with Crippen LogP contribution in [0.5, 0.6) is 0 Å². The third-order valence-electron chi connectivity index (χ3n) is 2.82. The molecule has 0 spiro atoms. The van der Waals surface area contributed by atoms with Crippen molar-refractivity contribution in [3.05, 3.63) is 0 Å². The summed E-state index contributed by atoms with van der Waals surface area (Å²) in [4.78, 5) is 11.4. The van der Waals surface area contributed by atoms with Crippen molar-refractivity contribution in [1.82, 2.24) is 0 Å². The highest BCUT2D eigenvalue weighted by Gasteiger charge is 2.39. The van der Waals surface area contributed by atoms with Crippen LogP contribution in [0.3, 0.4) is 0 Å². The van der Waals surface area contributed by atoms with Gasteiger partial charge >= 0.3 is 5.97 Å². The van der Waals surface area contributed by atoms with Gasteiger partial charge in [-0.2, -0.15) is 0 Å². The first-order valence-electron chi connectivity index (χ1n) is 5.11. The van der Waals surface area contributed by atoms with Gasteiger partial charge in [0.1, 0.15) is 5.54 Å². The third-order valence-corrected chi connectivity index (χ3v) is 2.82. The number of nitrogens with two attached hydrogens (primary N) is 1. The average Bonchev–Trinajstić information content (AvgIpc) is 2.21. The Labute approximate surface area is 96.9 Å². The Kier molecular flexibility index (Phi) is 6.17. The van der Waals surface area contributed by atoms with E-state index in [9.17, 15) is 4.79 Å². The lowest BCUT2D eigenvalue weighted by molar-refractivity contribution is -0.149. The minimum atomic E-state index is -0.775. The molecule has 0 bridgehead atoms. The van der Waals surface area contributed by atoms with E-state index < -0.39 is 5.54 Å². The summed E-state index contributed by atoms with van der Waals surface area (Å²) in [5.74, 6) is -0.299. The van der Waals surface area contributed by atoms with E-state index in [2.05, 4.69) is 4.74 Å². The predicted octanol–water partition coefficient (Wildman–Crippen LogP) is 1.26. The predicted molar refractivity (Wildman–Crippen MR) is 60.1 cm³/mol. The number of carbonyl (C=O) groups excluding carboxylic acids is 1. The number of rotatable bonds is 3. The second kappa shape index (κ2) is 6.30. The standard InChI is InChI=1S/C10H19NO3.ClH/c1-3-14-8-4-6-10(11,7-5-8)9(12)13-2;/h8H,3-7,11H2,1-2H3;1H. The van der Waals surface area contributed by atoms with Gasteiger partial charge in [-0.1, -0.05) is 0 Å². The number of hydrogen-bond donors (Lipinski definition) is 1. The van der Waals surface area contributed by atoms with Crippen molar-refractivity contribution in [2.45, 2.75) is 44.2 Å². The lowest BCUT2D eigenvalue weighted by atomic mass is 9.81. The van der Waals surface area contributed by atoms with Gasteiger partial charge in [0.25, 0.3) is 0 Å². The fourth-order valence-electron chi connectivity index (χ4n) is 1.92. The molecule has 5 heteroatoms. The summed E-state index contributed by atoms with van der Waals surface area (Å²) in [6.45, 7) is 2.70. The van der Waals surface area contributed by atoms with Gasteiger partial charge in [-0.3, -0.25) is 4.79 Å². The zero-order valence-corrected chi connectivity index (χ0v) is 10.1. The fourth-order valence-corrected chi connectivity index (χ4v) is 1.92. The first-order chi connectivity index (χ1) is 6.62. The minimum absolute atomic E-state index is 0. The van der Waals surface area contributed by atoms with Crippen molar-refractivity contribution < 1.29 is 14.3 Å². The summed E-state index contributed by atoms with van der Waals surface area (Å²) < 4.78 is 10.2. The third kappa shape index (κ3) is 3.63. The van der Waals surface area contributed by atoms with E-state index in [-0.39, 0.29) is 24.5 Å². The highest BCUT2D eigenvalue weighted by molar-refractivity contribution is 5.85. The van der Waals surface area contributed by atoms with Crippen LogP contribution in [0.15, 0.2) is 0 Å². The van der Waals surface area contributed by atoms with Crippen LogP contribution < -0.4 is 5.73 Å². The molecule has 90 valence electrons. The van der Waals surface area contributed by atoms with Crippen molar-refractivity contribution in [3.63, 3.8) is 0 Å². The first-order valence-corrected chi connectivity index (χ1v) is 5.11. The van der Waals surface area contributed by atoms with Gasteiger partial charge in [-0.25, -0.2) is 0 Å². The highest BCUT2D eigenvalue weighted by atomic mass is 35.5. The SMILES string of the molecule is CCOC1CCC(N)(C(=O)OC)CC1.Cl. The second-order valence-corrected chi connectivity index (χ2v) is 3.80. The van der Waals surface area contributed by atoms with E-state index in [0.717, 1.165) is 19.4 Å². The van der Waals surface area contributed by atoms with Crippen LogP contribution in [-0.4, -0.2) is 31.3 Å². The summed E-state index contributed by atoms with van der Waals surface area (Å²) >= 11 is 0. The van der Waals surface area contributed by atoms with Gasteiger partial charge in [-0.15, -0.1) is 12.4 Å². The molecule has 0 atom stereocenters. The van der Waals surface area contributed by atoms with E-state index in [0.29, 0.717) is 12.8 Å².